The number of rotatable bonds is 5. The van der Waals surface area contributed by atoms with Crippen LogP contribution < -0.4 is 4.74 Å². The van der Waals surface area contributed by atoms with Gasteiger partial charge in [0.25, 0.3) is 0 Å². The van der Waals surface area contributed by atoms with Gasteiger partial charge in [-0.2, -0.15) is 0 Å². The number of aliphatic hydroxyl groups excluding tert-OH is 2. The van der Waals surface area contributed by atoms with Crippen LogP contribution in [0.3, 0.4) is 0 Å². The molecule has 8 heteroatoms. The maximum absolute atomic E-state index is 13.6. The fourth-order valence-electron chi connectivity index (χ4n) is 4.05. The number of benzene rings is 1. The zero-order chi connectivity index (χ0) is 19.0. The Kier molecular flexibility index (Phi) is 5.66. The first-order valence-corrected chi connectivity index (χ1v) is 10.3. The van der Waals surface area contributed by atoms with E-state index in [1.54, 1.807) is 6.07 Å². The van der Waals surface area contributed by atoms with Crippen LogP contribution in [0, 0.1) is 17.7 Å². The van der Waals surface area contributed by atoms with Crippen molar-refractivity contribution in [3.8, 4) is 5.75 Å². The number of nitrogens with zero attached hydrogens (tertiary/aromatic N) is 1. The highest BCUT2D eigenvalue weighted by molar-refractivity contribution is 7.09. The quantitative estimate of drug-likeness (QED) is 0.781. The van der Waals surface area contributed by atoms with Gasteiger partial charge in [0.05, 0.1) is 36.1 Å². The highest BCUT2D eigenvalue weighted by Gasteiger charge is 2.47. The van der Waals surface area contributed by atoms with Crippen LogP contribution in [0.4, 0.5) is 4.39 Å². The molecule has 0 bridgehead atoms. The average molecular weight is 414 g/mol. The van der Waals surface area contributed by atoms with Gasteiger partial charge in [-0.3, -0.25) is 0 Å². The second-order valence-electron chi connectivity index (χ2n) is 7.09. The summed E-state index contributed by atoms with van der Waals surface area (Å²) >= 11 is 7.19. The smallest absolute Gasteiger partial charge is 0.145 e. The van der Waals surface area contributed by atoms with E-state index >= 15 is 0 Å². The van der Waals surface area contributed by atoms with E-state index in [0.29, 0.717) is 24.5 Å². The molecule has 1 aromatic carbocycles. The Morgan fingerprint density at radius 2 is 2.22 bits per heavy atom. The highest BCUT2D eigenvalue weighted by Crippen LogP contribution is 2.46. The van der Waals surface area contributed by atoms with Crippen molar-refractivity contribution in [2.75, 3.05) is 6.61 Å². The highest BCUT2D eigenvalue weighted by atomic mass is 35.5. The Morgan fingerprint density at radius 3 is 2.96 bits per heavy atom. The molecule has 1 aromatic heterocycles. The van der Waals surface area contributed by atoms with Gasteiger partial charge < -0.3 is 19.7 Å². The van der Waals surface area contributed by atoms with Crippen LogP contribution in [0.2, 0.25) is 5.02 Å². The number of hydrogen-bond acceptors (Lipinski definition) is 6. The minimum absolute atomic E-state index is 0.0456. The first-order chi connectivity index (χ1) is 13.0. The van der Waals surface area contributed by atoms with Crippen LogP contribution in [-0.4, -0.2) is 34.0 Å². The molecule has 2 fully saturated rings. The third kappa shape index (κ3) is 3.98. The predicted molar refractivity (Wildman–Crippen MR) is 99.4 cm³/mol. The Bertz CT molecular complexity index is 804. The molecule has 0 unspecified atom stereocenters. The van der Waals surface area contributed by atoms with E-state index < -0.39 is 11.9 Å². The lowest BCUT2D eigenvalue weighted by Crippen LogP contribution is -2.33. The van der Waals surface area contributed by atoms with Crippen molar-refractivity contribution in [3.63, 3.8) is 0 Å². The normalized spacial score (nSPS) is 30.3. The Morgan fingerprint density at radius 1 is 1.37 bits per heavy atom. The van der Waals surface area contributed by atoms with E-state index in [-0.39, 0.29) is 35.7 Å². The minimum atomic E-state index is -0.520. The molecule has 27 heavy (non-hydrogen) atoms. The third-order valence-corrected chi connectivity index (χ3v) is 6.73. The van der Waals surface area contributed by atoms with Gasteiger partial charge in [-0.1, -0.05) is 11.6 Å². The van der Waals surface area contributed by atoms with Crippen molar-refractivity contribution < 1.29 is 24.1 Å². The molecule has 2 aliphatic rings. The molecule has 1 saturated heterocycles. The third-order valence-electron chi connectivity index (χ3n) is 5.44. The molecule has 0 spiro atoms. The first-order valence-electron chi connectivity index (χ1n) is 9.01. The van der Waals surface area contributed by atoms with Crippen LogP contribution >= 0.6 is 22.9 Å². The molecule has 5 atom stereocenters. The summed E-state index contributed by atoms with van der Waals surface area (Å²) in [6.07, 6.45) is 1.63. The molecule has 146 valence electrons. The zero-order valence-corrected chi connectivity index (χ0v) is 16.1. The molecule has 2 aromatic rings. The van der Waals surface area contributed by atoms with Crippen LogP contribution in [-0.2, 0) is 11.3 Å². The van der Waals surface area contributed by atoms with Crippen molar-refractivity contribution in [2.24, 2.45) is 11.8 Å². The molecule has 1 aliphatic heterocycles. The van der Waals surface area contributed by atoms with Crippen LogP contribution in [0.1, 0.15) is 36.1 Å². The predicted octanol–water partition coefficient (Wildman–Crippen LogP) is 3.72. The summed E-state index contributed by atoms with van der Waals surface area (Å²) in [5.41, 5.74) is 0.661. The van der Waals surface area contributed by atoms with Gasteiger partial charge in [-0.05, 0) is 30.9 Å². The number of halogens is 2. The van der Waals surface area contributed by atoms with E-state index in [4.69, 9.17) is 21.1 Å². The van der Waals surface area contributed by atoms with Gasteiger partial charge in [-0.15, -0.1) is 11.3 Å². The lowest BCUT2D eigenvalue weighted by molar-refractivity contribution is -0.0812. The lowest BCUT2D eigenvalue weighted by atomic mass is 9.87. The second-order valence-corrected chi connectivity index (χ2v) is 8.39. The lowest BCUT2D eigenvalue weighted by Gasteiger charge is -2.33. The fourth-order valence-corrected chi connectivity index (χ4v) is 5.04. The van der Waals surface area contributed by atoms with Crippen molar-refractivity contribution in [1.82, 2.24) is 4.98 Å². The number of aromatic nitrogens is 1. The monoisotopic (exact) mass is 413 g/mol. The summed E-state index contributed by atoms with van der Waals surface area (Å²) in [5, 5.41) is 22.5. The van der Waals surface area contributed by atoms with Crippen molar-refractivity contribution in [3.05, 3.63) is 45.1 Å². The van der Waals surface area contributed by atoms with E-state index in [0.717, 1.165) is 17.8 Å². The van der Waals surface area contributed by atoms with E-state index in [1.165, 1.54) is 23.5 Å². The topological polar surface area (TPSA) is 71.8 Å². The maximum Gasteiger partial charge on any atom is 0.145 e. The van der Waals surface area contributed by atoms with Gasteiger partial charge in [-0.25, -0.2) is 9.37 Å². The zero-order valence-electron chi connectivity index (χ0n) is 14.6. The molecular formula is C19H21ClFNO4S. The summed E-state index contributed by atoms with van der Waals surface area (Å²) < 4.78 is 25.5. The molecule has 4 rings (SSSR count). The number of thiazole rings is 1. The molecule has 5 nitrogen and oxygen atoms in total. The SMILES string of the molecule is OCc1csc([C@H]2CC[C@@H]3[C@@H](COc4ccc(Cl)c(F)c4)[C@@H](O)C[C@@H]3O2)n1. The average Bonchev–Trinajstić information content (AvgIpc) is 3.26. The molecule has 0 radical (unpaired) electrons. The first kappa shape index (κ1) is 19.1. The summed E-state index contributed by atoms with van der Waals surface area (Å²) in [6.45, 7) is 0.238. The van der Waals surface area contributed by atoms with Gasteiger partial charge in [0.1, 0.15) is 22.7 Å². The Labute approximate surface area is 165 Å². The van der Waals surface area contributed by atoms with Gasteiger partial charge in [0, 0.05) is 23.8 Å². The maximum atomic E-state index is 13.6. The fraction of sp³-hybridized carbons (Fsp3) is 0.526. The summed E-state index contributed by atoms with van der Waals surface area (Å²) in [6, 6.07) is 4.34. The second kappa shape index (κ2) is 8.01. The van der Waals surface area contributed by atoms with Crippen molar-refractivity contribution in [1.29, 1.82) is 0 Å². The standard InChI is InChI=1S/C19H21ClFNO4S/c20-14-3-1-11(5-15(14)21)25-8-13-12-2-4-17(26-18(12)6-16(13)24)19-22-10(7-23)9-27-19/h1,3,5,9,12-13,16-18,23-24H,2,4,6-8H2/t12-,13-,16+,17-,18+/m1/s1. The molecule has 2 N–H and O–H groups in total. The van der Waals surface area contributed by atoms with E-state index in [2.05, 4.69) is 4.98 Å². The molecule has 2 heterocycles. The Balaban J connectivity index is 1.38. The summed E-state index contributed by atoms with van der Waals surface area (Å²) in [4.78, 5) is 4.41. The number of aliphatic hydroxyl groups is 2. The van der Waals surface area contributed by atoms with Gasteiger partial charge >= 0.3 is 0 Å². The van der Waals surface area contributed by atoms with Gasteiger partial charge in [0.15, 0.2) is 0 Å². The van der Waals surface area contributed by atoms with E-state index in [9.17, 15) is 14.6 Å². The molecule has 1 aliphatic carbocycles. The molecular weight excluding hydrogens is 393 g/mol. The van der Waals surface area contributed by atoms with Crippen LogP contribution in [0.5, 0.6) is 5.75 Å². The van der Waals surface area contributed by atoms with E-state index in [1.807, 2.05) is 5.38 Å². The van der Waals surface area contributed by atoms with Crippen molar-refractivity contribution in [2.45, 2.75) is 44.2 Å². The van der Waals surface area contributed by atoms with Crippen molar-refractivity contribution >= 4 is 22.9 Å². The number of fused-ring (bicyclic) bond motifs is 1. The van der Waals surface area contributed by atoms with Gasteiger partial charge in [0.2, 0.25) is 0 Å². The number of ether oxygens (including phenoxy) is 2. The summed E-state index contributed by atoms with van der Waals surface area (Å²) in [7, 11) is 0. The molecule has 1 saturated carbocycles. The Hall–Kier alpha value is -1.25. The minimum Gasteiger partial charge on any atom is -0.493 e. The van der Waals surface area contributed by atoms with Crippen LogP contribution in [0.15, 0.2) is 23.6 Å². The van der Waals surface area contributed by atoms with Crippen LogP contribution in [0.25, 0.3) is 0 Å². The molecule has 0 amide bonds. The summed E-state index contributed by atoms with van der Waals surface area (Å²) in [5.74, 6) is 0.0275. The number of hydrogen-bond donors (Lipinski definition) is 2. The largest absolute Gasteiger partial charge is 0.493 e.